The molecule has 2 unspecified atom stereocenters. The summed E-state index contributed by atoms with van der Waals surface area (Å²) in [5, 5.41) is 0. The zero-order valence-electron chi connectivity index (χ0n) is 23.3. The molecule has 3 aromatic rings. The number of fused-ring (bicyclic) bond motifs is 3. The molecule has 2 atom stereocenters. The molecule has 0 radical (unpaired) electrons. The van der Waals surface area contributed by atoms with Crippen LogP contribution < -0.4 is 19.7 Å². The number of rotatable bonds is 8. The molecule has 6 rings (SSSR count). The van der Waals surface area contributed by atoms with Crippen LogP contribution in [0.2, 0.25) is 0 Å². The van der Waals surface area contributed by atoms with E-state index in [4.69, 9.17) is 17.0 Å². The van der Waals surface area contributed by atoms with Gasteiger partial charge in [-0.25, -0.2) is 0 Å². The fraction of sp³-hybridized carbons (Fsp3) is 0.312. The summed E-state index contributed by atoms with van der Waals surface area (Å²) >= 11 is 7.77. The minimum absolute atomic E-state index is 0.200. The zero-order chi connectivity index (χ0) is 29.4. The van der Waals surface area contributed by atoms with E-state index in [0.29, 0.717) is 30.4 Å². The number of amides is 1. The van der Waals surface area contributed by atoms with Gasteiger partial charge in [-0.1, -0.05) is 72.9 Å². The van der Waals surface area contributed by atoms with Crippen molar-refractivity contribution in [3.8, 4) is 0 Å². The van der Waals surface area contributed by atoms with Crippen molar-refractivity contribution in [3.63, 3.8) is 0 Å². The van der Waals surface area contributed by atoms with Gasteiger partial charge in [-0.3, -0.25) is 23.9 Å². The molecule has 1 saturated carbocycles. The standard InChI is InChI=1S/C32H31N3O4S3/c1-3-15-33-30(38)28(42-32(33)40)31-35(19-27(36)39-4-2)29(37)26(41-31)17-21-13-14-25-23(16-21)22-11-8-12-24(22)34(25)18-20-9-6-5-7-10-20/h3,5-7,9-10,13-14,16-17,22,24H,1,4,8,11-12,15,18-19H2,2H3/b26-17+,31-28+. The lowest BCUT2D eigenvalue weighted by atomic mass is 9.96. The Morgan fingerprint density at radius 3 is 2.74 bits per heavy atom. The number of thiazole rings is 1. The Bertz CT molecular complexity index is 1760. The average Bonchev–Trinajstić information content (AvgIpc) is 3.72. The first-order valence-corrected chi connectivity index (χ1v) is 16.1. The molecular weight excluding hydrogens is 587 g/mol. The van der Waals surface area contributed by atoms with Crippen molar-refractivity contribution in [2.24, 2.45) is 0 Å². The lowest BCUT2D eigenvalue weighted by Gasteiger charge is -2.27. The monoisotopic (exact) mass is 617 g/mol. The molecule has 1 aromatic heterocycles. The third kappa shape index (κ3) is 5.27. The second-order valence-corrected chi connectivity index (χ2v) is 13.2. The fourth-order valence-corrected chi connectivity index (χ4v) is 8.72. The van der Waals surface area contributed by atoms with Gasteiger partial charge in [-0.15, -0.1) is 17.9 Å². The maximum Gasteiger partial charge on any atom is 0.326 e. The number of benzene rings is 2. The summed E-state index contributed by atoms with van der Waals surface area (Å²) in [6.07, 6.45) is 7.01. The molecule has 10 heteroatoms. The summed E-state index contributed by atoms with van der Waals surface area (Å²) in [6.45, 7) is 6.50. The van der Waals surface area contributed by atoms with Crippen molar-refractivity contribution >= 4 is 68.2 Å². The summed E-state index contributed by atoms with van der Waals surface area (Å²) in [7, 11) is 0. The van der Waals surface area contributed by atoms with Gasteiger partial charge in [0, 0.05) is 30.7 Å². The van der Waals surface area contributed by atoms with Gasteiger partial charge in [0.2, 0.25) is 0 Å². The predicted molar refractivity (Wildman–Crippen MR) is 173 cm³/mol. The number of hydrogen-bond donors (Lipinski definition) is 0. The SMILES string of the molecule is C=CCN1C(=O)/C(=c2\s/c(=C/c3ccc4c(c3)C3CCCC3N4Cc3ccccc3)c(=O)n2CC(=O)OCC)SC1=S. The first-order valence-electron chi connectivity index (χ1n) is 14.1. The van der Waals surface area contributed by atoms with Crippen LogP contribution in [0.25, 0.3) is 11.0 Å². The van der Waals surface area contributed by atoms with Crippen molar-refractivity contribution in [1.29, 1.82) is 0 Å². The van der Waals surface area contributed by atoms with E-state index in [-0.39, 0.29) is 31.2 Å². The molecule has 3 heterocycles. The van der Waals surface area contributed by atoms with Crippen molar-refractivity contribution in [1.82, 2.24) is 9.47 Å². The summed E-state index contributed by atoms with van der Waals surface area (Å²) in [6, 6.07) is 17.5. The number of esters is 1. The topological polar surface area (TPSA) is 71.9 Å². The van der Waals surface area contributed by atoms with E-state index in [9.17, 15) is 14.4 Å². The number of thiocarbonyl (C=S) groups is 1. The van der Waals surface area contributed by atoms with Crippen molar-refractivity contribution in [3.05, 3.63) is 97.4 Å². The quantitative estimate of drug-likeness (QED) is 0.214. The number of carbonyl (C=O) groups excluding carboxylic acids is 2. The van der Waals surface area contributed by atoms with Gasteiger partial charge in [-0.2, -0.15) is 0 Å². The first kappa shape index (κ1) is 28.6. The Kier molecular flexibility index (Phi) is 8.20. The predicted octanol–water partition coefficient (Wildman–Crippen LogP) is 4.11. The Hall–Kier alpha value is -3.47. The molecule has 7 nitrogen and oxygen atoms in total. The fourth-order valence-electron chi connectivity index (χ4n) is 6.19. The van der Waals surface area contributed by atoms with E-state index in [0.717, 1.165) is 30.3 Å². The number of anilines is 1. The molecule has 1 amide bonds. The molecule has 2 aliphatic heterocycles. The van der Waals surface area contributed by atoms with Crippen LogP contribution in [-0.2, 0) is 27.4 Å². The molecule has 1 aliphatic carbocycles. The Morgan fingerprint density at radius 1 is 1.17 bits per heavy atom. The molecule has 0 spiro atoms. The molecule has 2 fully saturated rings. The number of aromatic nitrogens is 1. The van der Waals surface area contributed by atoms with Gasteiger partial charge in [0.25, 0.3) is 11.5 Å². The van der Waals surface area contributed by atoms with Crippen molar-refractivity contribution < 1.29 is 14.3 Å². The summed E-state index contributed by atoms with van der Waals surface area (Å²) in [4.78, 5) is 43.7. The Labute approximate surface area is 257 Å². The third-order valence-corrected chi connectivity index (χ3v) is 10.7. The summed E-state index contributed by atoms with van der Waals surface area (Å²) < 4.78 is 7.74. The second-order valence-electron chi connectivity index (χ2n) is 10.6. The molecule has 3 aliphatic rings. The minimum Gasteiger partial charge on any atom is -0.465 e. The largest absolute Gasteiger partial charge is 0.465 e. The van der Waals surface area contributed by atoms with Gasteiger partial charge in [0.05, 0.1) is 11.1 Å². The van der Waals surface area contributed by atoms with Crippen LogP contribution in [0.4, 0.5) is 5.69 Å². The number of carbonyl (C=O) groups is 2. The van der Waals surface area contributed by atoms with E-state index in [1.54, 1.807) is 13.0 Å². The van der Waals surface area contributed by atoms with Crippen LogP contribution in [-0.4, -0.2) is 44.9 Å². The van der Waals surface area contributed by atoms with Gasteiger partial charge < -0.3 is 9.64 Å². The van der Waals surface area contributed by atoms with E-state index >= 15 is 0 Å². The third-order valence-electron chi connectivity index (χ3n) is 7.99. The molecule has 0 bridgehead atoms. The molecule has 216 valence electrons. The normalized spacial score (nSPS) is 21.2. The van der Waals surface area contributed by atoms with Crippen LogP contribution in [0, 0.1) is 0 Å². The molecule has 0 N–H and O–H groups in total. The highest BCUT2D eigenvalue weighted by atomic mass is 32.2. The van der Waals surface area contributed by atoms with E-state index < -0.39 is 5.97 Å². The second kappa shape index (κ2) is 12.0. The number of thioether (sulfide) groups is 1. The molecule has 42 heavy (non-hydrogen) atoms. The highest BCUT2D eigenvalue weighted by molar-refractivity contribution is 8.30. The van der Waals surface area contributed by atoms with Crippen molar-refractivity contribution in [2.75, 3.05) is 18.1 Å². The van der Waals surface area contributed by atoms with Crippen LogP contribution in [0.15, 0.2) is 66.0 Å². The first-order chi connectivity index (χ1) is 20.4. The molecule has 2 aromatic carbocycles. The Morgan fingerprint density at radius 2 is 1.98 bits per heavy atom. The lowest BCUT2D eigenvalue weighted by Crippen LogP contribution is -2.36. The number of ether oxygens (including phenoxy) is 1. The van der Waals surface area contributed by atoms with Crippen LogP contribution in [0.5, 0.6) is 0 Å². The zero-order valence-corrected chi connectivity index (χ0v) is 25.7. The number of nitrogens with zero attached hydrogens (tertiary/aromatic N) is 3. The minimum atomic E-state index is -0.532. The summed E-state index contributed by atoms with van der Waals surface area (Å²) in [5.74, 6) is -0.356. The van der Waals surface area contributed by atoms with Crippen LogP contribution >= 0.6 is 35.3 Å². The van der Waals surface area contributed by atoms with Crippen molar-refractivity contribution in [2.45, 2.75) is 51.2 Å². The van der Waals surface area contributed by atoms with Crippen LogP contribution in [0.1, 0.15) is 48.8 Å². The molecular formula is C32H31N3O4S3. The maximum absolute atomic E-state index is 13.7. The van der Waals surface area contributed by atoms with Gasteiger partial charge in [-0.05, 0) is 54.7 Å². The smallest absolute Gasteiger partial charge is 0.326 e. The highest BCUT2D eigenvalue weighted by Crippen LogP contribution is 2.50. The van der Waals surface area contributed by atoms with Gasteiger partial charge >= 0.3 is 5.97 Å². The number of hydrogen-bond acceptors (Lipinski definition) is 8. The van der Waals surface area contributed by atoms with Gasteiger partial charge in [0.1, 0.15) is 20.4 Å². The Balaban J connectivity index is 1.42. The lowest BCUT2D eigenvalue weighted by molar-refractivity contribution is -0.143. The van der Waals surface area contributed by atoms with E-state index in [2.05, 4.69) is 53.9 Å². The van der Waals surface area contributed by atoms with Crippen LogP contribution in [0.3, 0.4) is 0 Å². The summed E-state index contributed by atoms with van der Waals surface area (Å²) in [5.41, 5.74) is 4.47. The molecule has 1 saturated heterocycles. The average molecular weight is 618 g/mol. The highest BCUT2D eigenvalue weighted by Gasteiger charge is 2.41. The maximum atomic E-state index is 13.7. The van der Waals surface area contributed by atoms with E-state index in [1.165, 1.54) is 50.5 Å². The van der Waals surface area contributed by atoms with Gasteiger partial charge in [0.15, 0.2) is 0 Å². The van der Waals surface area contributed by atoms with E-state index in [1.807, 2.05) is 12.1 Å².